The van der Waals surface area contributed by atoms with Gasteiger partial charge in [-0.1, -0.05) is 6.42 Å². The van der Waals surface area contributed by atoms with Gasteiger partial charge in [-0.3, -0.25) is 10.1 Å². The molecule has 0 unspecified atom stereocenters. The van der Waals surface area contributed by atoms with E-state index in [1.807, 2.05) is 12.1 Å². The van der Waals surface area contributed by atoms with Crippen molar-refractivity contribution in [1.82, 2.24) is 0 Å². The van der Waals surface area contributed by atoms with Crippen molar-refractivity contribution in [2.45, 2.75) is 38.6 Å². The number of benzene rings is 1. The summed E-state index contributed by atoms with van der Waals surface area (Å²) in [5.41, 5.74) is 1.39. The molecule has 1 N–H and O–H groups in total. The van der Waals surface area contributed by atoms with E-state index in [2.05, 4.69) is 0 Å². The lowest BCUT2D eigenvalue weighted by Gasteiger charge is -2.21. The lowest BCUT2D eigenvalue weighted by atomic mass is 10.1. The van der Waals surface area contributed by atoms with E-state index in [1.54, 1.807) is 17.0 Å². The van der Waals surface area contributed by atoms with Gasteiger partial charge in [-0.15, -0.1) is 0 Å². The van der Waals surface area contributed by atoms with Gasteiger partial charge in [0.2, 0.25) is 0 Å². The van der Waals surface area contributed by atoms with E-state index in [9.17, 15) is 10.1 Å². The van der Waals surface area contributed by atoms with E-state index in [-0.39, 0.29) is 10.6 Å². The number of rotatable bonds is 3. The van der Waals surface area contributed by atoms with Crippen molar-refractivity contribution in [3.63, 3.8) is 0 Å². The number of non-ortho nitro benzene ring substituents is 1. The molecule has 1 heterocycles. The quantitative estimate of drug-likeness (QED) is 0.657. The fraction of sp³-hybridized carbons (Fsp3) is 0.571. The Kier molecular flexibility index (Phi) is 4.70. The second kappa shape index (κ2) is 6.50. The van der Waals surface area contributed by atoms with Gasteiger partial charge in [0, 0.05) is 17.7 Å². The minimum Gasteiger partial charge on any atom is -0.331 e. The SMILES string of the molecule is O=[N+]([O-])c1ccc(C[NH+]2CCCCCCC2)cc1. The topological polar surface area (TPSA) is 47.6 Å². The number of nitro benzene ring substituents is 1. The molecule has 2 rings (SSSR count). The first-order valence-corrected chi connectivity index (χ1v) is 6.82. The summed E-state index contributed by atoms with van der Waals surface area (Å²) in [6.07, 6.45) is 6.70. The third-order valence-corrected chi connectivity index (χ3v) is 3.66. The van der Waals surface area contributed by atoms with E-state index < -0.39 is 0 Å². The van der Waals surface area contributed by atoms with Crippen LogP contribution < -0.4 is 4.90 Å². The molecule has 4 nitrogen and oxygen atoms in total. The maximum absolute atomic E-state index is 10.6. The van der Waals surface area contributed by atoms with Gasteiger partial charge >= 0.3 is 0 Å². The van der Waals surface area contributed by atoms with Gasteiger partial charge in [0.25, 0.3) is 5.69 Å². The summed E-state index contributed by atoms with van der Waals surface area (Å²) in [6, 6.07) is 7.01. The number of nitrogens with zero attached hydrogens (tertiary/aromatic N) is 1. The number of hydrogen-bond acceptors (Lipinski definition) is 2. The van der Waals surface area contributed by atoms with Gasteiger partial charge in [-0.2, -0.15) is 0 Å². The van der Waals surface area contributed by atoms with E-state index >= 15 is 0 Å². The number of nitro groups is 1. The van der Waals surface area contributed by atoms with Crippen LogP contribution in [0.4, 0.5) is 5.69 Å². The van der Waals surface area contributed by atoms with Gasteiger partial charge in [-0.25, -0.2) is 0 Å². The van der Waals surface area contributed by atoms with E-state index in [1.165, 1.54) is 50.8 Å². The van der Waals surface area contributed by atoms with Gasteiger partial charge in [-0.05, 0) is 37.8 Å². The summed E-state index contributed by atoms with van der Waals surface area (Å²) in [4.78, 5) is 11.9. The number of nitrogens with one attached hydrogen (secondary N) is 1. The van der Waals surface area contributed by atoms with E-state index in [0.29, 0.717) is 0 Å². The van der Waals surface area contributed by atoms with Gasteiger partial charge < -0.3 is 4.90 Å². The van der Waals surface area contributed by atoms with Crippen molar-refractivity contribution in [3.8, 4) is 0 Å². The lowest BCUT2D eigenvalue weighted by molar-refractivity contribution is -0.914. The lowest BCUT2D eigenvalue weighted by Crippen LogP contribution is -3.10. The van der Waals surface area contributed by atoms with Crippen molar-refractivity contribution < 1.29 is 9.82 Å². The van der Waals surface area contributed by atoms with Crippen molar-refractivity contribution >= 4 is 5.69 Å². The van der Waals surface area contributed by atoms with Gasteiger partial charge in [0.05, 0.1) is 18.0 Å². The first-order valence-electron chi connectivity index (χ1n) is 6.82. The second-order valence-corrected chi connectivity index (χ2v) is 5.12. The average molecular weight is 249 g/mol. The molecule has 1 aromatic carbocycles. The highest BCUT2D eigenvalue weighted by molar-refractivity contribution is 5.32. The first kappa shape index (κ1) is 13.0. The predicted octanol–water partition coefficient (Wildman–Crippen LogP) is 1.94. The first-order chi connectivity index (χ1) is 8.75. The summed E-state index contributed by atoms with van der Waals surface area (Å²) in [5, 5.41) is 10.6. The molecular formula is C14H21N2O2+. The van der Waals surface area contributed by atoms with Crippen LogP contribution in [0.25, 0.3) is 0 Å². The van der Waals surface area contributed by atoms with Crippen LogP contribution in [0.1, 0.15) is 37.7 Å². The highest BCUT2D eigenvalue weighted by Crippen LogP contribution is 2.11. The monoisotopic (exact) mass is 249 g/mol. The fourth-order valence-corrected chi connectivity index (χ4v) is 2.61. The molecule has 18 heavy (non-hydrogen) atoms. The van der Waals surface area contributed by atoms with Crippen LogP contribution in [0, 0.1) is 10.1 Å². The zero-order chi connectivity index (χ0) is 12.8. The fourth-order valence-electron chi connectivity index (χ4n) is 2.61. The maximum atomic E-state index is 10.6. The van der Waals surface area contributed by atoms with Crippen LogP contribution in [0.5, 0.6) is 0 Å². The molecule has 0 bridgehead atoms. The molecule has 1 aliphatic rings. The van der Waals surface area contributed by atoms with Crippen LogP contribution in [0.2, 0.25) is 0 Å². The molecule has 1 saturated heterocycles. The zero-order valence-electron chi connectivity index (χ0n) is 10.7. The Morgan fingerprint density at radius 2 is 1.56 bits per heavy atom. The Morgan fingerprint density at radius 1 is 1.00 bits per heavy atom. The highest BCUT2D eigenvalue weighted by Gasteiger charge is 2.12. The highest BCUT2D eigenvalue weighted by atomic mass is 16.6. The smallest absolute Gasteiger partial charge is 0.269 e. The summed E-state index contributed by atoms with van der Waals surface area (Å²) in [5.74, 6) is 0. The van der Waals surface area contributed by atoms with Crippen molar-refractivity contribution in [1.29, 1.82) is 0 Å². The number of hydrogen-bond donors (Lipinski definition) is 1. The van der Waals surface area contributed by atoms with E-state index in [0.717, 1.165) is 6.54 Å². The predicted molar refractivity (Wildman–Crippen MR) is 70.6 cm³/mol. The van der Waals surface area contributed by atoms with Gasteiger partial charge in [0.15, 0.2) is 0 Å². The largest absolute Gasteiger partial charge is 0.331 e. The standard InChI is InChI=1S/C14H20N2O2/c17-16(18)14-8-6-13(7-9-14)12-15-10-4-2-1-3-5-11-15/h6-9H,1-5,10-12H2/p+1. The number of quaternary nitrogens is 1. The molecule has 4 heteroatoms. The Balaban J connectivity index is 1.92. The summed E-state index contributed by atoms with van der Waals surface area (Å²) < 4.78 is 0. The minimum absolute atomic E-state index is 0.182. The second-order valence-electron chi connectivity index (χ2n) is 5.12. The molecule has 0 amide bonds. The molecule has 98 valence electrons. The molecular weight excluding hydrogens is 228 g/mol. The normalized spacial score (nSPS) is 18.0. The third-order valence-electron chi connectivity index (χ3n) is 3.66. The van der Waals surface area contributed by atoms with Crippen LogP contribution in [0.15, 0.2) is 24.3 Å². The molecule has 1 aromatic rings. The van der Waals surface area contributed by atoms with Crippen molar-refractivity contribution in [2.75, 3.05) is 13.1 Å². The molecule has 0 atom stereocenters. The maximum Gasteiger partial charge on any atom is 0.269 e. The zero-order valence-corrected chi connectivity index (χ0v) is 10.7. The molecule has 0 aliphatic carbocycles. The molecule has 0 saturated carbocycles. The Bertz CT molecular complexity index is 381. The summed E-state index contributed by atoms with van der Waals surface area (Å²) >= 11 is 0. The van der Waals surface area contributed by atoms with Crippen molar-refractivity contribution in [2.24, 2.45) is 0 Å². The Hall–Kier alpha value is -1.42. The molecule has 0 spiro atoms. The van der Waals surface area contributed by atoms with Crippen molar-refractivity contribution in [3.05, 3.63) is 39.9 Å². The number of likely N-dealkylation sites (tertiary alicyclic amines) is 1. The minimum atomic E-state index is -0.341. The summed E-state index contributed by atoms with van der Waals surface area (Å²) in [7, 11) is 0. The molecule has 1 aliphatic heterocycles. The average Bonchev–Trinajstić information content (AvgIpc) is 2.33. The van der Waals surface area contributed by atoms with Crippen LogP contribution in [-0.2, 0) is 6.54 Å². The van der Waals surface area contributed by atoms with Crippen LogP contribution in [0.3, 0.4) is 0 Å². The molecule has 0 radical (unpaired) electrons. The van der Waals surface area contributed by atoms with Crippen LogP contribution >= 0.6 is 0 Å². The van der Waals surface area contributed by atoms with Gasteiger partial charge in [0.1, 0.15) is 6.54 Å². The third kappa shape index (κ3) is 3.81. The Labute approximate surface area is 108 Å². The molecule has 0 aromatic heterocycles. The molecule has 1 fully saturated rings. The van der Waals surface area contributed by atoms with Crippen LogP contribution in [-0.4, -0.2) is 18.0 Å². The Morgan fingerprint density at radius 3 is 2.11 bits per heavy atom. The van der Waals surface area contributed by atoms with E-state index in [4.69, 9.17) is 0 Å². The summed E-state index contributed by atoms with van der Waals surface area (Å²) in [6.45, 7) is 3.46.